The standard InChI is InChI=1S/C24H24ClN5O2.C21H17ClN4O3S/c1-28(2)22(31)16-30-23-18(15-29(24(30)32)20-11-7-6-10-19(20)25)14-26-21(27-23)13-12-17-8-4-3-5-9-17;22-16-8-4-5-9-17(16)25-11-15-10-23-20(30-13-14-6-2-1-3-7-14)24-19(15)26(21(25)29)12-18(27)28/h3-11,14H,12-13,15-16H2,1-2H3;1-10H,11-13H2,(H,27,28). The zero-order valence-corrected chi connectivity index (χ0v) is 36.1. The third-order valence-electron chi connectivity index (χ3n) is 9.87. The van der Waals surface area contributed by atoms with E-state index in [0.717, 1.165) is 22.4 Å². The number of aliphatic carboxylic acids is 1. The topological polar surface area (TPSA) is 156 Å². The highest BCUT2D eigenvalue weighted by Gasteiger charge is 2.37. The monoisotopic (exact) mass is 889 g/mol. The number of hydrogen-bond acceptors (Lipinski definition) is 9. The molecule has 0 radical (unpaired) electrons. The van der Waals surface area contributed by atoms with Crippen molar-refractivity contribution in [2.24, 2.45) is 0 Å². The van der Waals surface area contributed by atoms with Gasteiger partial charge in [-0.25, -0.2) is 29.5 Å². The van der Waals surface area contributed by atoms with E-state index in [0.29, 0.717) is 61.8 Å². The molecule has 316 valence electrons. The normalized spacial score (nSPS) is 13.2. The lowest BCUT2D eigenvalue weighted by molar-refractivity contribution is -0.135. The average Bonchev–Trinajstić information content (AvgIpc) is 3.28. The molecule has 0 atom stereocenters. The third-order valence-corrected chi connectivity index (χ3v) is 11.4. The molecule has 4 heterocycles. The second-order valence-electron chi connectivity index (χ2n) is 14.4. The van der Waals surface area contributed by atoms with Crippen molar-refractivity contribution in [3.63, 3.8) is 0 Å². The lowest BCUT2D eigenvalue weighted by Gasteiger charge is -2.36. The first-order valence-corrected chi connectivity index (χ1v) is 21.2. The van der Waals surface area contributed by atoms with Gasteiger partial charge in [0.25, 0.3) is 0 Å². The average molecular weight is 891 g/mol. The summed E-state index contributed by atoms with van der Waals surface area (Å²) in [6, 6.07) is 33.2. The van der Waals surface area contributed by atoms with E-state index in [1.165, 1.54) is 32.0 Å². The van der Waals surface area contributed by atoms with Gasteiger partial charge in [0, 0.05) is 49.8 Å². The number of urea groups is 2. The Kier molecular flexibility index (Phi) is 14.0. The fraction of sp³-hybridized carbons (Fsp3) is 0.200. The zero-order chi connectivity index (χ0) is 43.8. The number of likely N-dealkylation sites (N-methyl/N-ethyl adjacent to an activating group) is 1. The summed E-state index contributed by atoms with van der Waals surface area (Å²) in [6.45, 7) is -0.136. The van der Waals surface area contributed by atoms with E-state index in [4.69, 9.17) is 23.2 Å². The molecule has 0 spiro atoms. The van der Waals surface area contributed by atoms with Crippen molar-refractivity contribution in [3.8, 4) is 0 Å². The van der Waals surface area contributed by atoms with Crippen LogP contribution >= 0.6 is 35.0 Å². The molecule has 62 heavy (non-hydrogen) atoms. The van der Waals surface area contributed by atoms with Crippen LogP contribution in [0.4, 0.5) is 32.6 Å². The number of nitrogens with zero attached hydrogens (tertiary/aromatic N) is 9. The molecule has 4 aromatic carbocycles. The first kappa shape index (κ1) is 43.5. The van der Waals surface area contributed by atoms with Crippen LogP contribution in [0, 0.1) is 0 Å². The van der Waals surface area contributed by atoms with Crippen LogP contribution in [-0.4, -0.2) is 81.1 Å². The summed E-state index contributed by atoms with van der Waals surface area (Å²) in [5.74, 6) is 0.761. The Labute approximate surface area is 372 Å². The highest BCUT2D eigenvalue weighted by molar-refractivity contribution is 7.98. The Bertz CT molecular complexity index is 2590. The van der Waals surface area contributed by atoms with E-state index in [2.05, 4.69) is 32.1 Å². The van der Waals surface area contributed by atoms with E-state index in [-0.39, 0.29) is 31.6 Å². The number of carbonyl (C=O) groups is 4. The molecule has 5 amide bonds. The Balaban J connectivity index is 0.000000187. The van der Waals surface area contributed by atoms with Crippen LogP contribution in [0.3, 0.4) is 0 Å². The lowest BCUT2D eigenvalue weighted by atomic mass is 10.1. The number of carboxylic acid groups (broad SMARTS) is 1. The van der Waals surface area contributed by atoms with Crippen LogP contribution in [0.15, 0.2) is 127 Å². The van der Waals surface area contributed by atoms with Crippen molar-refractivity contribution in [1.29, 1.82) is 0 Å². The number of carboxylic acids is 1. The van der Waals surface area contributed by atoms with Crippen LogP contribution in [0.5, 0.6) is 0 Å². The number of halogens is 2. The summed E-state index contributed by atoms with van der Waals surface area (Å²) in [5, 5.41) is 10.7. The van der Waals surface area contributed by atoms with Crippen LogP contribution in [0.2, 0.25) is 10.0 Å². The van der Waals surface area contributed by atoms with Crippen LogP contribution in [-0.2, 0) is 41.3 Å². The smallest absolute Gasteiger partial charge is 0.331 e. The molecule has 0 aliphatic carbocycles. The lowest BCUT2D eigenvalue weighted by Crippen LogP contribution is -2.51. The van der Waals surface area contributed by atoms with Gasteiger partial charge in [0.15, 0.2) is 5.16 Å². The number of fused-ring (bicyclic) bond motifs is 2. The number of thioether (sulfide) groups is 1. The van der Waals surface area contributed by atoms with Gasteiger partial charge in [-0.2, -0.15) is 0 Å². The minimum absolute atomic E-state index is 0.116. The maximum atomic E-state index is 13.5. The fourth-order valence-corrected chi connectivity index (χ4v) is 7.92. The number of para-hydroxylation sites is 2. The minimum atomic E-state index is -1.13. The van der Waals surface area contributed by atoms with Crippen LogP contribution in [0.1, 0.15) is 28.1 Å². The Morgan fingerprint density at radius 3 is 1.71 bits per heavy atom. The molecule has 2 aliphatic heterocycles. The Morgan fingerprint density at radius 2 is 1.16 bits per heavy atom. The number of anilines is 4. The summed E-state index contributed by atoms with van der Waals surface area (Å²) in [6.07, 6.45) is 4.80. The largest absolute Gasteiger partial charge is 0.480 e. The Hall–Kier alpha value is -6.55. The van der Waals surface area contributed by atoms with Crippen molar-refractivity contribution in [2.75, 3.05) is 46.8 Å². The molecule has 0 fully saturated rings. The quantitative estimate of drug-likeness (QED) is 0.0935. The number of rotatable bonds is 12. The number of carbonyl (C=O) groups excluding carboxylic acids is 3. The first-order valence-electron chi connectivity index (χ1n) is 19.5. The molecule has 0 bridgehead atoms. The van der Waals surface area contributed by atoms with Gasteiger partial charge in [0.2, 0.25) is 5.91 Å². The van der Waals surface area contributed by atoms with E-state index < -0.39 is 18.5 Å². The molecule has 1 N–H and O–H groups in total. The van der Waals surface area contributed by atoms with Crippen molar-refractivity contribution in [3.05, 3.63) is 160 Å². The SMILES string of the molecule is CN(C)C(=O)CN1C(=O)N(c2ccccc2Cl)Cc2cnc(CCc3ccccc3)nc21.O=C(O)CN1C(=O)N(c2ccccc2Cl)Cc2cnc(SCc3ccccc3)nc21. The van der Waals surface area contributed by atoms with Crippen LogP contribution in [0.25, 0.3) is 0 Å². The van der Waals surface area contributed by atoms with Gasteiger partial charge in [-0.3, -0.25) is 29.2 Å². The summed E-state index contributed by atoms with van der Waals surface area (Å²) in [4.78, 5) is 75.7. The van der Waals surface area contributed by atoms with Gasteiger partial charge in [-0.1, -0.05) is 120 Å². The molecule has 8 rings (SSSR count). The highest BCUT2D eigenvalue weighted by Crippen LogP contribution is 2.36. The molecule has 0 saturated heterocycles. The van der Waals surface area contributed by atoms with Gasteiger partial charge in [0.05, 0.1) is 34.5 Å². The van der Waals surface area contributed by atoms with E-state index in [1.54, 1.807) is 67.8 Å². The molecule has 2 aliphatic rings. The molecule has 0 saturated carbocycles. The van der Waals surface area contributed by atoms with Crippen molar-refractivity contribution < 1.29 is 24.3 Å². The second-order valence-corrected chi connectivity index (χ2v) is 16.1. The third kappa shape index (κ3) is 10.3. The molecule has 2 aromatic heterocycles. The van der Waals surface area contributed by atoms with E-state index in [1.807, 2.05) is 60.7 Å². The maximum Gasteiger partial charge on any atom is 0.331 e. The minimum Gasteiger partial charge on any atom is -0.480 e. The summed E-state index contributed by atoms with van der Waals surface area (Å²) in [7, 11) is 3.32. The van der Waals surface area contributed by atoms with Crippen molar-refractivity contribution >= 4 is 81.9 Å². The van der Waals surface area contributed by atoms with Gasteiger partial charge in [0.1, 0.15) is 30.5 Å². The number of hydrogen-bond donors (Lipinski definition) is 1. The fourth-order valence-electron chi connectivity index (χ4n) is 6.68. The molecule has 0 unspecified atom stereocenters. The molecule has 6 aromatic rings. The number of aromatic nitrogens is 4. The van der Waals surface area contributed by atoms with E-state index >= 15 is 0 Å². The van der Waals surface area contributed by atoms with Crippen molar-refractivity contribution in [1.82, 2.24) is 24.8 Å². The summed E-state index contributed by atoms with van der Waals surface area (Å²) < 4.78 is 0. The predicted molar refractivity (Wildman–Crippen MR) is 241 cm³/mol. The second kappa shape index (κ2) is 19.9. The molecular formula is C45H41Cl2N9O5S. The van der Waals surface area contributed by atoms with E-state index in [9.17, 15) is 24.3 Å². The predicted octanol–water partition coefficient (Wildman–Crippen LogP) is 8.40. The number of benzene rings is 4. The van der Waals surface area contributed by atoms with Gasteiger partial charge in [-0.15, -0.1) is 0 Å². The number of amides is 5. The number of aryl methyl sites for hydroxylation is 2. The summed E-state index contributed by atoms with van der Waals surface area (Å²) in [5.41, 5.74) is 4.81. The van der Waals surface area contributed by atoms with Gasteiger partial charge < -0.3 is 10.0 Å². The molecule has 17 heteroatoms. The van der Waals surface area contributed by atoms with Crippen LogP contribution < -0.4 is 19.6 Å². The van der Waals surface area contributed by atoms with Gasteiger partial charge >= 0.3 is 18.0 Å². The Morgan fingerprint density at radius 1 is 0.661 bits per heavy atom. The maximum absolute atomic E-state index is 13.5. The first-order chi connectivity index (χ1) is 30.0. The highest BCUT2D eigenvalue weighted by atomic mass is 35.5. The zero-order valence-electron chi connectivity index (χ0n) is 33.8. The van der Waals surface area contributed by atoms with Gasteiger partial charge in [-0.05, 0) is 41.8 Å². The van der Waals surface area contributed by atoms with Crippen molar-refractivity contribution in [2.45, 2.75) is 36.8 Å². The molecular weight excluding hydrogens is 850 g/mol. The summed E-state index contributed by atoms with van der Waals surface area (Å²) >= 11 is 14.1. The molecule has 14 nitrogen and oxygen atoms in total.